The molecule has 0 bridgehead atoms. The molecule has 1 heterocycles. The monoisotopic (exact) mass is 267 g/mol. The minimum atomic E-state index is 0.391. The summed E-state index contributed by atoms with van der Waals surface area (Å²) in [4.78, 5) is 0. The Morgan fingerprint density at radius 1 is 1.05 bits per heavy atom. The molecule has 0 amide bonds. The fourth-order valence-corrected chi connectivity index (χ4v) is 2.78. The zero-order chi connectivity index (χ0) is 13.9. The smallest absolute Gasteiger partial charge is 0.124 e. The van der Waals surface area contributed by atoms with Crippen LogP contribution in [0, 0.1) is 0 Å². The first-order chi connectivity index (χ1) is 9.74. The van der Waals surface area contributed by atoms with Crippen molar-refractivity contribution >= 4 is 0 Å². The lowest BCUT2D eigenvalue weighted by atomic mass is 9.95. The standard InChI is InChI=1S/C18H21NO/c1-13(2)19-17-10-11-20-18-9-8-15(12-16(17)18)14-6-4-3-5-7-14/h3-9,12-13,17,19H,10-11H2,1-2H3. The van der Waals surface area contributed by atoms with Crippen LogP contribution in [0.2, 0.25) is 0 Å². The molecule has 0 spiro atoms. The molecule has 104 valence electrons. The molecular weight excluding hydrogens is 246 g/mol. The van der Waals surface area contributed by atoms with Crippen molar-refractivity contribution < 1.29 is 4.74 Å². The van der Waals surface area contributed by atoms with E-state index in [0.29, 0.717) is 12.1 Å². The molecular formula is C18H21NO. The van der Waals surface area contributed by atoms with Crippen LogP contribution >= 0.6 is 0 Å². The van der Waals surface area contributed by atoms with Gasteiger partial charge in [-0.2, -0.15) is 0 Å². The number of ether oxygens (including phenoxy) is 1. The lowest BCUT2D eigenvalue weighted by molar-refractivity contribution is 0.247. The van der Waals surface area contributed by atoms with Gasteiger partial charge in [0.15, 0.2) is 0 Å². The first kappa shape index (κ1) is 13.2. The van der Waals surface area contributed by atoms with Crippen LogP contribution in [0.1, 0.15) is 31.9 Å². The lowest BCUT2D eigenvalue weighted by Gasteiger charge is -2.29. The zero-order valence-corrected chi connectivity index (χ0v) is 12.1. The predicted molar refractivity (Wildman–Crippen MR) is 83.0 cm³/mol. The van der Waals surface area contributed by atoms with Crippen molar-refractivity contribution in [2.24, 2.45) is 0 Å². The second-order valence-electron chi connectivity index (χ2n) is 5.63. The van der Waals surface area contributed by atoms with Crippen LogP contribution < -0.4 is 10.1 Å². The van der Waals surface area contributed by atoms with E-state index in [4.69, 9.17) is 4.74 Å². The SMILES string of the molecule is CC(C)NC1CCOc2ccc(-c3ccccc3)cc21. The quantitative estimate of drug-likeness (QED) is 0.901. The molecule has 0 fully saturated rings. The van der Waals surface area contributed by atoms with Gasteiger partial charge in [-0.15, -0.1) is 0 Å². The van der Waals surface area contributed by atoms with Crippen LogP contribution in [0.5, 0.6) is 5.75 Å². The van der Waals surface area contributed by atoms with E-state index in [1.54, 1.807) is 0 Å². The number of hydrogen-bond donors (Lipinski definition) is 1. The first-order valence-electron chi connectivity index (χ1n) is 7.32. The molecule has 2 heteroatoms. The van der Waals surface area contributed by atoms with Gasteiger partial charge in [-0.05, 0) is 23.3 Å². The van der Waals surface area contributed by atoms with Gasteiger partial charge in [-0.1, -0.05) is 50.2 Å². The summed E-state index contributed by atoms with van der Waals surface area (Å²) in [6.07, 6.45) is 1.03. The van der Waals surface area contributed by atoms with Crippen LogP contribution in [0.15, 0.2) is 48.5 Å². The Morgan fingerprint density at radius 2 is 1.85 bits per heavy atom. The molecule has 2 aromatic rings. The maximum Gasteiger partial charge on any atom is 0.124 e. The van der Waals surface area contributed by atoms with Crippen LogP contribution in [-0.4, -0.2) is 12.6 Å². The van der Waals surface area contributed by atoms with E-state index < -0.39 is 0 Å². The number of fused-ring (bicyclic) bond motifs is 1. The fraction of sp³-hybridized carbons (Fsp3) is 0.333. The highest BCUT2D eigenvalue weighted by molar-refractivity contribution is 5.66. The molecule has 3 rings (SSSR count). The normalized spacial score (nSPS) is 17.6. The van der Waals surface area contributed by atoms with E-state index in [9.17, 15) is 0 Å². The number of rotatable bonds is 3. The third-order valence-corrected chi connectivity index (χ3v) is 3.69. The van der Waals surface area contributed by atoms with Crippen molar-refractivity contribution in [2.75, 3.05) is 6.61 Å². The molecule has 0 saturated carbocycles. The van der Waals surface area contributed by atoms with Gasteiger partial charge in [0.1, 0.15) is 5.75 Å². The summed E-state index contributed by atoms with van der Waals surface area (Å²) in [6.45, 7) is 5.18. The zero-order valence-electron chi connectivity index (χ0n) is 12.1. The van der Waals surface area contributed by atoms with Crippen molar-refractivity contribution in [3.63, 3.8) is 0 Å². The van der Waals surface area contributed by atoms with Gasteiger partial charge in [-0.25, -0.2) is 0 Å². The highest BCUT2D eigenvalue weighted by Gasteiger charge is 2.22. The number of nitrogens with one attached hydrogen (secondary N) is 1. The van der Waals surface area contributed by atoms with Gasteiger partial charge in [-0.3, -0.25) is 0 Å². The van der Waals surface area contributed by atoms with E-state index in [1.165, 1.54) is 16.7 Å². The minimum Gasteiger partial charge on any atom is -0.493 e. The molecule has 0 saturated heterocycles. The average molecular weight is 267 g/mol. The van der Waals surface area contributed by atoms with Gasteiger partial charge >= 0.3 is 0 Å². The van der Waals surface area contributed by atoms with E-state index in [2.05, 4.69) is 61.6 Å². The Labute approximate surface area is 120 Å². The second kappa shape index (κ2) is 5.68. The summed E-state index contributed by atoms with van der Waals surface area (Å²) in [5.74, 6) is 1.02. The summed E-state index contributed by atoms with van der Waals surface area (Å²) < 4.78 is 5.79. The average Bonchev–Trinajstić information content (AvgIpc) is 2.47. The van der Waals surface area contributed by atoms with Crippen LogP contribution in [0.3, 0.4) is 0 Å². The molecule has 0 aromatic heterocycles. The molecule has 20 heavy (non-hydrogen) atoms. The Hall–Kier alpha value is -1.80. The van der Waals surface area contributed by atoms with Crippen molar-refractivity contribution in [1.82, 2.24) is 5.32 Å². The van der Waals surface area contributed by atoms with Gasteiger partial charge in [0.05, 0.1) is 6.61 Å². The largest absolute Gasteiger partial charge is 0.493 e. The fourth-order valence-electron chi connectivity index (χ4n) is 2.78. The van der Waals surface area contributed by atoms with Crippen molar-refractivity contribution in [2.45, 2.75) is 32.4 Å². The lowest BCUT2D eigenvalue weighted by Crippen LogP contribution is -2.31. The maximum absolute atomic E-state index is 5.79. The maximum atomic E-state index is 5.79. The van der Waals surface area contributed by atoms with E-state index >= 15 is 0 Å². The van der Waals surface area contributed by atoms with Crippen molar-refractivity contribution in [3.05, 3.63) is 54.1 Å². The van der Waals surface area contributed by atoms with Crippen LogP contribution in [0.25, 0.3) is 11.1 Å². The van der Waals surface area contributed by atoms with Crippen molar-refractivity contribution in [1.29, 1.82) is 0 Å². The molecule has 0 aliphatic carbocycles. The predicted octanol–water partition coefficient (Wildman–Crippen LogP) is 4.18. The summed E-state index contributed by atoms with van der Waals surface area (Å²) in [7, 11) is 0. The topological polar surface area (TPSA) is 21.3 Å². The molecule has 1 aliphatic rings. The molecule has 1 N–H and O–H groups in total. The molecule has 0 radical (unpaired) electrons. The van der Waals surface area contributed by atoms with Crippen LogP contribution in [-0.2, 0) is 0 Å². The highest BCUT2D eigenvalue weighted by Crippen LogP contribution is 2.35. The van der Waals surface area contributed by atoms with Gasteiger partial charge in [0, 0.05) is 24.1 Å². The minimum absolute atomic E-state index is 0.391. The first-order valence-corrected chi connectivity index (χ1v) is 7.32. The number of benzene rings is 2. The molecule has 2 nitrogen and oxygen atoms in total. The van der Waals surface area contributed by atoms with Gasteiger partial charge in [0.2, 0.25) is 0 Å². The third-order valence-electron chi connectivity index (χ3n) is 3.69. The third kappa shape index (κ3) is 2.70. The summed E-state index contributed by atoms with van der Waals surface area (Å²) in [5, 5.41) is 3.64. The van der Waals surface area contributed by atoms with Crippen LogP contribution in [0.4, 0.5) is 0 Å². The highest BCUT2D eigenvalue weighted by atomic mass is 16.5. The molecule has 1 unspecified atom stereocenters. The van der Waals surface area contributed by atoms with Gasteiger partial charge < -0.3 is 10.1 Å². The summed E-state index contributed by atoms with van der Waals surface area (Å²) in [5.41, 5.74) is 3.79. The van der Waals surface area contributed by atoms with E-state index in [1.807, 2.05) is 6.07 Å². The molecule has 2 aromatic carbocycles. The van der Waals surface area contributed by atoms with Crippen molar-refractivity contribution in [3.8, 4) is 16.9 Å². The summed E-state index contributed by atoms with van der Waals surface area (Å²) in [6, 6.07) is 17.9. The molecule has 1 atom stereocenters. The Balaban J connectivity index is 1.97. The molecule has 1 aliphatic heterocycles. The Bertz CT molecular complexity index is 577. The number of hydrogen-bond acceptors (Lipinski definition) is 2. The Morgan fingerprint density at radius 3 is 2.60 bits per heavy atom. The second-order valence-corrected chi connectivity index (χ2v) is 5.63. The summed E-state index contributed by atoms with van der Waals surface area (Å²) >= 11 is 0. The van der Waals surface area contributed by atoms with E-state index in [-0.39, 0.29) is 0 Å². The van der Waals surface area contributed by atoms with Gasteiger partial charge in [0.25, 0.3) is 0 Å². The van der Waals surface area contributed by atoms with E-state index in [0.717, 1.165) is 18.8 Å². The Kier molecular flexibility index (Phi) is 3.75.